The first-order valence-electron chi connectivity index (χ1n) is 5.24. The maximum absolute atomic E-state index is 13.2. The number of rotatable bonds is 5. The van der Waals surface area contributed by atoms with Crippen LogP contribution >= 0.6 is 11.6 Å². The number of benzene rings is 1. The number of methoxy groups -OCH3 is 1. The van der Waals surface area contributed by atoms with Crippen molar-refractivity contribution in [2.45, 2.75) is 25.9 Å². The van der Waals surface area contributed by atoms with E-state index in [-0.39, 0.29) is 22.9 Å². The lowest BCUT2D eigenvalue weighted by Gasteiger charge is -2.19. The molecule has 0 fully saturated rings. The van der Waals surface area contributed by atoms with Crippen LogP contribution in [0.15, 0.2) is 18.2 Å². The summed E-state index contributed by atoms with van der Waals surface area (Å²) in [6, 6.07) is 5.14. The van der Waals surface area contributed by atoms with E-state index in [4.69, 9.17) is 16.3 Å². The Balaban J connectivity index is 2.65. The van der Waals surface area contributed by atoms with Crippen LogP contribution in [0.1, 0.15) is 25.5 Å². The first-order valence-corrected chi connectivity index (χ1v) is 5.62. The molecule has 1 aromatic rings. The van der Waals surface area contributed by atoms with Gasteiger partial charge in [-0.25, -0.2) is 4.39 Å². The van der Waals surface area contributed by atoms with Crippen LogP contribution in [0, 0.1) is 5.82 Å². The zero-order valence-electron chi connectivity index (χ0n) is 9.76. The summed E-state index contributed by atoms with van der Waals surface area (Å²) < 4.78 is 18.3. The van der Waals surface area contributed by atoms with Gasteiger partial charge in [-0.15, -0.1) is 0 Å². The van der Waals surface area contributed by atoms with Crippen molar-refractivity contribution >= 4 is 11.6 Å². The van der Waals surface area contributed by atoms with Gasteiger partial charge in [0.1, 0.15) is 5.82 Å². The molecule has 0 amide bonds. The Hall–Kier alpha value is -0.640. The molecular formula is C12H17ClFNO. The molecule has 0 aliphatic heterocycles. The van der Waals surface area contributed by atoms with Gasteiger partial charge in [-0.3, -0.25) is 0 Å². The Kier molecular flexibility index (Phi) is 5.19. The van der Waals surface area contributed by atoms with Crippen LogP contribution in [0.25, 0.3) is 0 Å². The summed E-state index contributed by atoms with van der Waals surface area (Å²) >= 11 is 5.63. The van der Waals surface area contributed by atoms with Gasteiger partial charge >= 0.3 is 0 Å². The SMILES string of the molecule is COCC(C)NC(C)c1ccc(Cl)c(F)c1. The third kappa shape index (κ3) is 3.74. The fourth-order valence-electron chi connectivity index (χ4n) is 1.60. The monoisotopic (exact) mass is 245 g/mol. The maximum Gasteiger partial charge on any atom is 0.142 e. The molecule has 90 valence electrons. The lowest BCUT2D eigenvalue weighted by molar-refractivity contribution is 0.167. The molecular weight excluding hydrogens is 229 g/mol. The predicted octanol–water partition coefficient (Wildman–Crippen LogP) is 3.16. The number of ether oxygens (including phenoxy) is 1. The molecule has 4 heteroatoms. The van der Waals surface area contributed by atoms with Gasteiger partial charge in [0.2, 0.25) is 0 Å². The van der Waals surface area contributed by atoms with Crippen LogP contribution in [0.2, 0.25) is 5.02 Å². The molecule has 0 saturated heterocycles. The summed E-state index contributed by atoms with van der Waals surface area (Å²) in [5, 5.41) is 3.46. The van der Waals surface area contributed by atoms with Gasteiger partial charge in [0.05, 0.1) is 11.6 Å². The summed E-state index contributed by atoms with van der Waals surface area (Å²) in [7, 11) is 1.66. The van der Waals surface area contributed by atoms with Crippen molar-refractivity contribution in [3.63, 3.8) is 0 Å². The quantitative estimate of drug-likeness (QED) is 0.861. The molecule has 0 aromatic heterocycles. The van der Waals surface area contributed by atoms with Gasteiger partial charge in [-0.2, -0.15) is 0 Å². The molecule has 2 nitrogen and oxygen atoms in total. The second-order valence-electron chi connectivity index (χ2n) is 3.92. The van der Waals surface area contributed by atoms with Crippen molar-refractivity contribution in [2.24, 2.45) is 0 Å². The van der Waals surface area contributed by atoms with E-state index in [2.05, 4.69) is 5.32 Å². The smallest absolute Gasteiger partial charge is 0.142 e. The normalized spacial score (nSPS) is 14.8. The zero-order chi connectivity index (χ0) is 12.1. The first kappa shape index (κ1) is 13.4. The maximum atomic E-state index is 13.2. The van der Waals surface area contributed by atoms with Crippen LogP contribution in [0.4, 0.5) is 4.39 Å². The van der Waals surface area contributed by atoms with Gasteiger partial charge in [-0.1, -0.05) is 17.7 Å². The van der Waals surface area contributed by atoms with E-state index < -0.39 is 0 Å². The number of halogens is 2. The Labute approximate surface area is 101 Å². The van der Waals surface area contributed by atoms with Crippen LogP contribution in [0.3, 0.4) is 0 Å². The Morgan fingerprint density at radius 2 is 2.12 bits per heavy atom. The standard InChI is InChI=1S/C12H17ClFNO/c1-8(7-16-3)15-9(2)10-4-5-11(13)12(14)6-10/h4-6,8-9,15H,7H2,1-3H3. The van der Waals surface area contributed by atoms with E-state index in [0.29, 0.717) is 6.61 Å². The van der Waals surface area contributed by atoms with Crippen molar-refractivity contribution in [1.29, 1.82) is 0 Å². The summed E-state index contributed by atoms with van der Waals surface area (Å²) in [6.45, 7) is 4.63. The highest BCUT2D eigenvalue weighted by Gasteiger charge is 2.10. The lowest BCUT2D eigenvalue weighted by atomic mass is 10.1. The molecule has 16 heavy (non-hydrogen) atoms. The van der Waals surface area contributed by atoms with Crippen molar-refractivity contribution in [3.8, 4) is 0 Å². The minimum atomic E-state index is -0.382. The van der Waals surface area contributed by atoms with Crippen molar-refractivity contribution in [2.75, 3.05) is 13.7 Å². The molecule has 0 saturated carbocycles. The average Bonchev–Trinajstić information content (AvgIpc) is 2.22. The molecule has 2 unspecified atom stereocenters. The van der Waals surface area contributed by atoms with Crippen molar-refractivity contribution in [3.05, 3.63) is 34.6 Å². The molecule has 1 rings (SSSR count). The highest BCUT2D eigenvalue weighted by molar-refractivity contribution is 6.30. The van der Waals surface area contributed by atoms with Gasteiger partial charge < -0.3 is 10.1 Å². The fraction of sp³-hybridized carbons (Fsp3) is 0.500. The van der Waals surface area contributed by atoms with Gasteiger partial charge in [0.15, 0.2) is 0 Å². The minimum absolute atomic E-state index is 0.0666. The molecule has 1 aromatic carbocycles. The van der Waals surface area contributed by atoms with Crippen LogP contribution in [-0.4, -0.2) is 19.8 Å². The summed E-state index contributed by atoms with van der Waals surface area (Å²) in [6.07, 6.45) is 0. The van der Waals surface area contributed by atoms with E-state index in [1.54, 1.807) is 13.2 Å². The summed E-state index contributed by atoms with van der Waals surface area (Å²) in [5.74, 6) is -0.382. The second kappa shape index (κ2) is 6.18. The predicted molar refractivity (Wildman–Crippen MR) is 64.3 cm³/mol. The number of hydrogen-bond acceptors (Lipinski definition) is 2. The third-order valence-corrected chi connectivity index (χ3v) is 2.70. The van der Waals surface area contributed by atoms with Crippen LogP contribution in [-0.2, 0) is 4.74 Å². The number of nitrogens with one attached hydrogen (secondary N) is 1. The van der Waals surface area contributed by atoms with Crippen LogP contribution < -0.4 is 5.32 Å². The number of hydrogen-bond donors (Lipinski definition) is 1. The summed E-state index contributed by atoms with van der Waals surface area (Å²) in [4.78, 5) is 0. The molecule has 1 N–H and O–H groups in total. The Bertz CT molecular complexity index is 346. The van der Waals surface area contributed by atoms with Crippen LogP contribution in [0.5, 0.6) is 0 Å². The van der Waals surface area contributed by atoms with Gasteiger partial charge in [0, 0.05) is 19.2 Å². The van der Waals surface area contributed by atoms with E-state index in [1.165, 1.54) is 6.07 Å². The van der Waals surface area contributed by atoms with Crippen molar-refractivity contribution in [1.82, 2.24) is 5.32 Å². The van der Waals surface area contributed by atoms with Crippen molar-refractivity contribution < 1.29 is 9.13 Å². The lowest BCUT2D eigenvalue weighted by Crippen LogP contribution is -2.32. The van der Waals surface area contributed by atoms with E-state index in [9.17, 15) is 4.39 Å². The highest BCUT2D eigenvalue weighted by atomic mass is 35.5. The fourth-order valence-corrected chi connectivity index (χ4v) is 1.72. The topological polar surface area (TPSA) is 21.3 Å². The van der Waals surface area contributed by atoms with Gasteiger partial charge in [0.25, 0.3) is 0 Å². The molecule has 0 bridgehead atoms. The Morgan fingerprint density at radius 1 is 1.44 bits per heavy atom. The first-order chi connectivity index (χ1) is 7.54. The Morgan fingerprint density at radius 3 is 2.69 bits per heavy atom. The molecule has 0 aliphatic rings. The molecule has 0 radical (unpaired) electrons. The second-order valence-corrected chi connectivity index (χ2v) is 4.33. The highest BCUT2D eigenvalue weighted by Crippen LogP contribution is 2.20. The molecule has 0 aliphatic carbocycles. The largest absolute Gasteiger partial charge is 0.383 e. The summed E-state index contributed by atoms with van der Waals surface area (Å²) in [5.41, 5.74) is 0.879. The molecule has 0 heterocycles. The van der Waals surface area contributed by atoms with E-state index in [1.807, 2.05) is 19.9 Å². The van der Waals surface area contributed by atoms with E-state index in [0.717, 1.165) is 5.56 Å². The molecule has 0 spiro atoms. The van der Waals surface area contributed by atoms with E-state index >= 15 is 0 Å². The van der Waals surface area contributed by atoms with Gasteiger partial charge in [-0.05, 0) is 31.5 Å². The average molecular weight is 246 g/mol. The zero-order valence-corrected chi connectivity index (χ0v) is 10.5. The molecule has 2 atom stereocenters. The minimum Gasteiger partial charge on any atom is -0.383 e. The third-order valence-electron chi connectivity index (χ3n) is 2.39.